The molecular formula is C22H33FN4O2S. The summed E-state index contributed by atoms with van der Waals surface area (Å²) >= 11 is 0. The van der Waals surface area contributed by atoms with Gasteiger partial charge in [-0.05, 0) is 53.4 Å². The molecule has 1 aliphatic rings. The largest absolute Gasteiger partial charge is 0.313 e. The van der Waals surface area contributed by atoms with Crippen molar-refractivity contribution in [2.45, 2.75) is 62.6 Å². The van der Waals surface area contributed by atoms with Crippen LogP contribution in [0, 0.1) is 5.82 Å². The normalized spacial score (nSPS) is 18.4. The Morgan fingerprint density at radius 1 is 1.27 bits per heavy atom. The van der Waals surface area contributed by atoms with Crippen LogP contribution in [0.3, 0.4) is 0 Å². The van der Waals surface area contributed by atoms with Crippen LogP contribution in [0.25, 0.3) is 0 Å². The van der Waals surface area contributed by atoms with Crippen molar-refractivity contribution < 1.29 is 12.8 Å². The number of benzene rings is 1. The number of rotatable bonds is 8. The van der Waals surface area contributed by atoms with E-state index in [1.165, 1.54) is 25.3 Å². The lowest BCUT2D eigenvalue weighted by Gasteiger charge is -2.35. The summed E-state index contributed by atoms with van der Waals surface area (Å²) in [6.07, 6.45) is 5.27. The van der Waals surface area contributed by atoms with Gasteiger partial charge >= 0.3 is 0 Å². The molecule has 0 N–H and O–H groups in total. The molecule has 3 rings (SSSR count). The van der Waals surface area contributed by atoms with Crippen LogP contribution in [0.2, 0.25) is 0 Å². The van der Waals surface area contributed by atoms with Crippen molar-refractivity contribution in [3.05, 3.63) is 47.5 Å². The molecule has 1 fully saturated rings. The Bertz CT molecular complexity index is 958. The number of hydrogen-bond donors (Lipinski definition) is 0. The molecule has 2 heterocycles. The first-order valence-electron chi connectivity index (χ1n) is 10.6. The smallest absolute Gasteiger partial charge is 0.228 e. The van der Waals surface area contributed by atoms with Gasteiger partial charge in [0.05, 0.1) is 23.7 Å². The van der Waals surface area contributed by atoms with E-state index in [4.69, 9.17) is 0 Å². The minimum atomic E-state index is -3.59. The van der Waals surface area contributed by atoms with Crippen LogP contribution in [-0.4, -0.2) is 66.2 Å². The fourth-order valence-electron chi connectivity index (χ4n) is 4.00. The molecule has 1 unspecified atom stereocenters. The topological polar surface area (TPSA) is 58.4 Å². The number of imidazole rings is 1. The summed E-state index contributed by atoms with van der Waals surface area (Å²) in [5, 5.41) is -0.584. The highest BCUT2D eigenvalue weighted by Crippen LogP contribution is 2.22. The van der Waals surface area contributed by atoms with Crippen LogP contribution in [0.5, 0.6) is 0 Å². The van der Waals surface area contributed by atoms with E-state index in [1.54, 1.807) is 42.8 Å². The van der Waals surface area contributed by atoms with Gasteiger partial charge < -0.3 is 9.47 Å². The third kappa shape index (κ3) is 5.10. The highest BCUT2D eigenvalue weighted by molar-refractivity contribution is 7.91. The second-order valence-corrected chi connectivity index (χ2v) is 11.0. The Labute approximate surface area is 179 Å². The van der Waals surface area contributed by atoms with E-state index in [2.05, 4.69) is 21.8 Å². The molecule has 0 bridgehead atoms. The van der Waals surface area contributed by atoms with Gasteiger partial charge in [-0.3, -0.25) is 4.90 Å². The third-order valence-electron chi connectivity index (χ3n) is 5.94. The first-order valence-corrected chi connectivity index (χ1v) is 12.1. The number of hydrogen-bond acceptors (Lipinski definition) is 5. The molecule has 2 aromatic rings. The van der Waals surface area contributed by atoms with Crippen LogP contribution >= 0.6 is 0 Å². The summed E-state index contributed by atoms with van der Waals surface area (Å²) in [5.41, 5.74) is 1.23. The number of sulfone groups is 1. The van der Waals surface area contributed by atoms with Crippen molar-refractivity contribution in [3.63, 3.8) is 0 Å². The number of aromatic nitrogens is 2. The minimum absolute atomic E-state index is 0.0129. The lowest BCUT2D eigenvalue weighted by atomic mass is 10.0. The Kier molecular flexibility index (Phi) is 7.31. The molecule has 0 radical (unpaired) electrons. The molecule has 1 atom stereocenters. The van der Waals surface area contributed by atoms with Gasteiger partial charge in [-0.25, -0.2) is 17.8 Å². The fourth-order valence-corrected chi connectivity index (χ4v) is 5.11. The van der Waals surface area contributed by atoms with Crippen LogP contribution in [-0.2, 0) is 22.9 Å². The van der Waals surface area contributed by atoms with E-state index in [1.807, 2.05) is 7.05 Å². The molecular weight excluding hydrogens is 403 g/mol. The van der Waals surface area contributed by atoms with Gasteiger partial charge in [-0.1, -0.05) is 24.6 Å². The molecule has 8 heteroatoms. The summed E-state index contributed by atoms with van der Waals surface area (Å²) in [4.78, 5) is 8.86. The molecule has 0 saturated carbocycles. The van der Waals surface area contributed by atoms with Gasteiger partial charge in [0.2, 0.25) is 15.0 Å². The molecule has 1 aromatic carbocycles. The molecule has 0 amide bonds. The van der Waals surface area contributed by atoms with Gasteiger partial charge in [0.25, 0.3) is 0 Å². The molecule has 166 valence electrons. The maximum atomic E-state index is 14.3. The average molecular weight is 437 g/mol. The fraction of sp³-hybridized carbons (Fsp3) is 0.591. The maximum absolute atomic E-state index is 14.3. The molecule has 30 heavy (non-hydrogen) atoms. The first kappa shape index (κ1) is 22.9. The average Bonchev–Trinajstić information content (AvgIpc) is 3.08. The maximum Gasteiger partial charge on any atom is 0.228 e. The van der Waals surface area contributed by atoms with E-state index in [-0.39, 0.29) is 17.5 Å². The second-order valence-electron chi connectivity index (χ2n) is 8.63. The summed E-state index contributed by atoms with van der Waals surface area (Å²) in [6, 6.07) is 6.97. The molecule has 6 nitrogen and oxygen atoms in total. The van der Waals surface area contributed by atoms with Gasteiger partial charge in [-0.15, -0.1) is 0 Å². The highest BCUT2D eigenvalue weighted by Gasteiger charge is 2.28. The summed E-state index contributed by atoms with van der Waals surface area (Å²) < 4.78 is 41.8. The van der Waals surface area contributed by atoms with Crippen molar-refractivity contribution in [2.75, 3.05) is 27.2 Å². The van der Waals surface area contributed by atoms with Gasteiger partial charge in [0, 0.05) is 24.7 Å². The van der Waals surface area contributed by atoms with E-state index in [0.29, 0.717) is 18.2 Å². The summed E-state index contributed by atoms with van der Waals surface area (Å²) in [5.74, 6) is -0.345. The van der Waals surface area contributed by atoms with Gasteiger partial charge in [0.1, 0.15) is 5.82 Å². The molecule has 1 aliphatic heterocycles. The molecule has 1 aromatic heterocycles. The van der Waals surface area contributed by atoms with Gasteiger partial charge in [-0.2, -0.15) is 0 Å². The Hall–Kier alpha value is -1.77. The minimum Gasteiger partial charge on any atom is -0.313 e. The predicted molar refractivity (Wildman–Crippen MR) is 117 cm³/mol. The SMILES string of the molecule is CC(C)S(=O)(=O)c1ncc(CN(C)CC2CCCCN2C)n1Cc1ccccc1F. The highest BCUT2D eigenvalue weighted by atomic mass is 32.2. The number of likely N-dealkylation sites (tertiary alicyclic amines) is 1. The lowest BCUT2D eigenvalue weighted by molar-refractivity contribution is 0.137. The first-order chi connectivity index (χ1) is 14.2. The van der Waals surface area contributed by atoms with E-state index >= 15 is 0 Å². The number of piperidine rings is 1. The van der Waals surface area contributed by atoms with Crippen LogP contribution in [0.4, 0.5) is 4.39 Å². The Balaban J connectivity index is 1.88. The summed E-state index contributed by atoms with van der Waals surface area (Å²) in [6.45, 7) is 5.98. The molecule has 1 saturated heterocycles. The van der Waals surface area contributed by atoms with Crippen molar-refractivity contribution in [1.82, 2.24) is 19.4 Å². The van der Waals surface area contributed by atoms with Crippen molar-refractivity contribution in [2.24, 2.45) is 0 Å². The Morgan fingerprint density at radius 3 is 2.67 bits per heavy atom. The number of halogens is 1. The van der Waals surface area contributed by atoms with E-state index in [0.717, 1.165) is 18.8 Å². The van der Waals surface area contributed by atoms with Crippen LogP contribution in [0.1, 0.15) is 44.4 Å². The van der Waals surface area contributed by atoms with E-state index in [9.17, 15) is 12.8 Å². The summed E-state index contributed by atoms with van der Waals surface area (Å²) in [7, 11) is 0.613. The zero-order valence-electron chi connectivity index (χ0n) is 18.4. The van der Waals surface area contributed by atoms with E-state index < -0.39 is 15.1 Å². The van der Waals surface area contributed by atoms with Crippen LogP contribution < -0.4 is 0 Å². The van der Waals surface area contributed by atoms with Crippen LogP contribution in [0.15, 0.2) is 35.6 Å². The van der Waals surface area contributed by atoms with Gasteiger partial charge in [0.15, 0.2) is 0 Å². The number of nitrogens with zero attached hydrogens (tertiary/aromatic N) is 4. The van der Waals surface area contributed by atoms with Crippen molar-refractivity contribution in [1.29, 1.82) is 0 Å². The van der Waals surface area contributed by atoms with Crippen molar-refractivity contribution in [3.8, 4) is 0 Å². The predicted octanol–water partition coefficient (Wildman–Crippen LogP) is 3.17. The standard InChI is InChI=1S/C22H33FN4O2S/c1-17(2)30(28,29)22-24-13-20(27(22)14-18-9-5-6-11-21(18)23)16-25(3)15-19-10-7-8-12-26(19)4/h5-6,9,11,13,17,19H,7-8,10,12,14-16H2,1-4H3. The quantitative estimate of drug-likeness (QED) is 0.636. The monoisotopic (exact) mass is 436 g/mol. The zero-order chi connectivity index (χ0) is 21.9. The number of likely N-dealkylation sites (N-methyl/N-ethyl adjacent to an activating group) is 2. The Morgan fingerprint density at radius 2 is 2.00 bits per heavy atom. The zero-order valence-corrected chi connectivity index (χ0v) is 19.2. The second kappa shape index (κ2) is 9.58. The molecule has 0 spiro atoms. The molecule has 0 aliphatic carbocycles. The lowest BCUT2D eigenvalue weighted by Crippen LogP contribution is -2.43. The van der Waals surface area contributed by atoms with Crippen molar-refractivity contribution >= 4 is 9.84 Å². The third-order valence-corrected chi connectivity index (χ3v) is 8.01.